The molecule has 0 bridgehead atoms. The van der Waals surface area contributed by atoms with Crippen LogP contribution in [-0.4, -0.2) is 37.2 Å². The molecule has 0 aromatic heterocycles. The number of carbonyl (C=O) groups excluding carboxylic acids is 3. The fourth-order valence-corrected chi connectivity index (χ4v) is 6.44. The second-order valence-electron chi connectivity index (χ2n) is 16.0. The summed E-state index contributed by atoms with van der Waals surface area (Å²) >= 11 is 0. The first-order valence-corrected chi connectivity index (χ1v) is 24.6. The fraction of sp³-hybridized carbons (Fsp3) is 0.685. The van der Waals surface area contributed by atoms with Crippen molar-refractivity contribution in [2.24, 2.45) is 0 Å². The third-order valence-electron chi connectivity index (χ3n) is 10.1. The highest BCUT2D eigenvalue weighted by atomic mass is 16.6. The number of allylic oxidation sites excluding steroid dienone is 14. The molecule has 0 saturated carbocycles. The minimum absolute atomic E-state index is 0.109. The number of unbranched alkanes of at least 4 members (excludes halogenated alkanes) is 18. The van der Waals surface area contributed by atoms with Gasteiger partial charge in [0.25, 0.3) is 0 Å². The first-order valence-electron chi connectivity index (χ1n) is 24.6. The summed E-state index contributed by atoms with van der Waals surface area (Å²) in [5.41, 5.74) is 0. The molecule has 0 aliphatic heterocycles. The van der Waals surface area contributed by atoms with Crippen LogP contribution < -0.4 is 0 Å². The van der Waals surface area contributed by atoms with E-state index in [0.29, 0.717) is 19.3 Å². The molecule has 0 unspecified atom stereocenters. The Labute approximate surface area is 369 Å². The molecule has 0 saturated heterocycles. The van der Waals surface area contributed by atoms with Crippen molar-refractivity contribution in [2.45, 2.75) is 226 Å². The van der Waals surface area contributed by atoms with Gasteiger partial charge in [0.1, 0.15) is 13.2 Å². The highest BCUT2D eigenvalue weighted by Crippen LogP contribution is 2.14. The minimum Gasteiger partial charge on any atom is -0.462 e. The number of hydrogen-bond donors (Lipinski definition) is 0. The van der Waals surface area contributed by atoms with E-state index in [1.54, 1.807) is 0 Å². The second-order valence-corrected chi connectivity index (χ2v) is 16.0. The van der Waals surface area contributed by atoms with E-state index in [4.69, 9.17) is 14.2 Å². The lowest BCUT2D eigenvalue weighted by Crippen LogP contribution is -2.30. The van der Waals surface area contributed by atoms with Crippen LogP contribution in [0.5, 0.6) is 0 Å². The average molecular weight is 835 g/mol. The SMILES string of the molecule is CC/C=C\C/C=C\C/C=C\C/C=C\CCCCC(=O)OC[C@H](COC(=O)CCCC/C=C\C/C=C\C/C=C\CCCCC)OC(=O)CCCCCCCCCCCCCC. The van der Waals surface area contributed by atoms with E-state index in [1.165, 1.54) is 83.5 Å². The molecule has 0 aromatic rings. The van der Waals surface area contributed by atoms with Crippen LogP contribution in [0.3, 0.4) is 0 Å². The molecule has 0 N–H and O–H groups in total. The molecule has 0 amide bonds. The van der Waals surface area contributed by atoms with E-state index >= 15 is 0 Å². The summed E-state index contributed by atoms with van der Waals surface area (Å²) in [6.45, 7) is 6.41. The van der Waals surface area contributed by atoms with Crippen molar-refractivity contribution in [3.8, 4) is 0 Å². The van der Waals surface area contributed by atoms with Gasteiger partial charge in [0.2, 0.25) is 0 Å². The molecule has 0 radical (unpaired) electrons. The number of ether oxygens (including phenoxy) is 3. The first kappa shape index (κ1) is 56.6. The van der Waals surface area contributed by atoms with Gasteiger partial charge in [0.05, 0.1) is 0 Å². The van der Waals surface area contributed by atoms with Gasteiger partial charge in [-0.05, 0) is 96.3 Å². The van der Waals surface area contributed by atoms with Crippen LogP contribution in [0.2, 0.25) is 0 Å². The topological polar surface area (TPSA) is 78.9 Å². The number of hydrogen-bond acceptors (Lipinski definition) is 6. The van der Waals surface area contributed by atoms with Gasteiger partial charge >= 0.3 is 17.9 Å². The van der Waals surface area contributed by atoms with Crippen molar-refractivity contribution in [3.05, 3.63) is 85.1 Å². The van der Waals surface area contributed by atoms with E-state index in [1.807, 2.05) is 0 Å². The zero-order valence-electron chi connectivity index (χ0n) is 38.9. The molecule has 0 aliphatic carbocycles. The van der Waals surface area contributed by atoms with E-state index in [2.05, 4.69) is 106 Å². The van der Waals surface area contributed by atoms with Crippen LogP contribution in [-0.2, 0) is 28.6 Å². The van der Waals surface area contributed by atoms with Gasteiger partial charge in [-0.25, -0.2) is 0 Å². The quantitative estimate of drug-likeness (QED) is 0.0263. The van der Waals surface area contributed by atoms with Crippen molar-refractivity contribution in [3.63, 3.8) is 0 Å². The Morgan fingerprint density at radius 3 is 1.05 bits per heavy atom. The summed E-state index contributed by atoms with van der Waals surface area (Å²) in [6, 6.07) is 0. The molecule has 6 nitrogen and oxygen atoms in total. The van der Waals surface area contributed by atoms with E-state index in [9.17, 15) is 14.4 Å². The van der Waals surface area contributed by atoms with E-state index in [-0.39, 0.29) is 31.1 Å². The Morgan fingerprint density at radius 1 is 0.350 bits per heavy atom. The maximum atomic E-state index is 12.8. The smallest absolute Gasteiger partial charge is 0.306 e. The Hall–Kier alpha value is -3.41. The van der Waals surface area contributed by atoms with Crippen molar-refractivity contribution in [1.29, 1.82) is 0 Å². The summed E-state index contributed by atoms with van der Waals surface area (Å²) in [6.07, 6.45) is 61.4. The highest BCUT2D eigenvalue weighted by Gasteiger charge is 2.19. The Bertz CT molecular complexity index is 1190. The predicted molar refractivity (Wildman–Crippen MR) is 256 cm³/mol. The lowest BCUT2D eigenvalue weighted by atomic mass is 10.0. The molecule has 0 aliphatic rings. The van der Waals surface area contributed by atoms with Crippen LogP contribution in [0.15, 0.2) is 85.1 Å². The third kappa shape index (κ3) is 45.7. The Balaban J connectivity index is 4.51. The van der Waals surface area contributed by atoms with Gasteiger partial charge in [-0.3, -0.25) is 14.4 Å². The van der Waals surface area contributed by atoms with Crippen molar-refractivity contribution >= 4 is 17.9 Å². The average Bonchev–Trinajstić information content (AvgIpc) is 3.24. The first-order chi connectivity index (χ1) is 29.5. The fourth-order valence-electron chi connectivity index (χ4n) is 6.44. The normalized spacial score (nSPS) is 12.8. The lowest BCUT2D eigenvalue weighted by molar-refractivity contribution is -0.167. The van der Waals surface area contributed by atoms with Crippen LogP contribution >= 0.6 is 0 Å². The van der Waals surface area contributed by atoms with Gasteiger partial charge in [-0.15, -0.1) is 0 Å². The van der Waals surface area contributed by atoms with Crippen molar-refractivity contribution < 1.29 is 28.6 Å². The summed E-state index contributed by atoms with van der Waals surface area (Å²) in [5.74, 6) is -0.988. The maximum absolute atomic E-state index is 12.8. The molecular formula is C54H90O6. The summed E-state index contributed by atoms with van der Waals surface area (Å²) in [7, 11) is 0. The van der Waals surface area contributed by atoms with Gasteiger partial charge < -0.3 is 14.2 Å². The van der Waals surface area contributed by atoms with Crippen LogP contribution in [0.25, 0.3) is 0 Å². The summed E-state index contributed by atoms with van der Waals surface area (Å²) in [5, 5.41) is 0. The molecule has 0 fully saturated rings. The predicted octanol–water partition coefficient (Wildman–Crippen LogP) is 16.0. The molecular weight excluding hydrogens is 745 g/mol. The zero-order valence-corrected chi connectivity index (χ0v) is 38.9. The Morgan fingerprint density at radius 2 is 0.650 bits per heavy atom. The summed E-state index contributed by atoms with van der Waals surface area (Å²) in [4.78, 5) is 37.9. The Kier molecular flexibility index (Phi) is 45.5. The number of carbonyl (C=O) groups is 3. The van der Waals surface area contributed by atoms with Gasteiger partial charge in [0, 0.05) is 19.3 Å². The van der Waals surface area contributed by atoms with Crippen LogP contribution in [0.1, 0.15) is 220 Å². The molecule has 342 valence electrons. The third-order valence-corrected chi connectivity index (χ3v) is 10.1. The summed E-state index contributed by atoms with van der Waals surface area (Å²) < 4.78 is 16.7. The van der Waals surface area contributed by atoms with Gasteiger partial charge in [-0.1, -0.05) is 189 Å². The van der Waals surface area contributed by atoms with Crippen LogP contribution in [0, 0.1) is 0 Å². The van der Waals surface area contributed by atoms with Crippen molar-refractivity contribution in [1.82, 2.24) is 0 Å². The minimum atomic E-state index is -0.806. The molecule has 60 heavy (non-hydrogen) atoms. The van der Waals surface area contributed by atoms with E-state index in [0.717, 1.165) is 96.3 Å². The lowest BCUT2D eigenvalue weighted by Gasteiger charge is -2.18. The molecule has 6 heteroatoms. The molecule has 0 heterocycles. The second kappa shape index (κ2) is 48.3. The van der Waals surface area contributed by atoms with Gasteiger partial charge in [0.15, 0.2) is 6.10 Å². The van der Waals surface area contributed by atoms with Crippen LogP contribution in [0.4, 0.5) is 0 Å². The monoisotopic (exact) mass is 835 g/mol. The largest absolute Gasteiger partial charge is 0.462 e. The molecule has 1 atom stereocenters. The van der Waals surface area contributed by atoms with Crippen molar-refractivity contribution in [2.75, 3.05) is 13.2 Å². The number of esters is 3. The maximum Gasteiger partial charge on any atom is 0.306 e. The number of rotatable bonds is 43. The molecule has 0 spiro atoms. The zero-order chi connectivity index (χ0) is 43.7. The highest BCUT2D eigenvalue weighted by molar-refractivity contribution is 5.71. The van der Waals surface area contributed by atoms with Gasteiger partial charge in [-0.2, -0.15) is 0 Å². The van der Waals surface area contributed by atoms with E-state index < -0.39 is 6.10 Å². The standard InChI is InChI=1S/C54H90O6/c1-4-7-10-13-16-19-22-25-27-29-32-34-37-40-43-46-52(55)58-49-51(60-54(57)48-45-42-39-36-31-24-21-18-15-12-9-6-3)50-59-53(56)47-44-41-38-35-33-30-28-26-23-20-17-14-11-8-5-2/h7,10,16-17,19-20,25-28,32-35,51H,4-6,8-9,11-15,18,21-24,29-31,36-50H2,1-3H3/b10-7-,19-16-,20-17-,27-25-,28-26-,34-32-,35-33-/t51-/m1/s1. The molecule has 0 rings (SSSR count). The molecule has 0 aromatic carbocycles.